The third kappa shape index (κ3) is 4.46. The molecule has 33 heavy (non-hydrogen) atoms. The number of carbonyl (C=O) groups is 1. The van der Waals surface area contributed by atoms with E-state index in [9.17, 15) is 14.4 Å². The lowest BCUT2D eigenvalue weighted by Gasteiger charge is -2.38. The molecule has 0 saturated carbocycles. The number of carbonyl (C=O) groups excluding carboxylic acids is 1. The highest BCUT2D eigenvalue weighted by atomic mass is 19.1. The first-order valence-electron chi connectivity index (χ1n) is 10.5. The minimum absolute atomic E-state index is 0.0726. The van der Waals surface area contributed by atoms with Crippen molar-refractivity contribution in [3.8, 4) is 29.1 Å². The van der Waals surface area contributed by atoms with Gasteiger partial charge in [-0.1, -0.05) is 6.07 Å². The molecule has 0 radical (unpaired) electrons. The lowest BCUT2D eigenvalue weighted by atomic mass is 9.98. The molecule has 0 bridgehead atoms. The highest BCUT2D eigenvalue weighted by Gasteiger charge is 2.33. The highest BCUT2D eigenvalue weighted by molar-refractivity contribution is 6.00. The van der Waals surface area contributed by atoms with Gasteiger partial charge in [0.2, 0.25) is 0 Å². The van der Waals surface area contributed by atoms with E-state index in [0.29, 0.717) is 18.4 Å². The van der Waals surface area contributed by atoms with Crippen LogP contribution in [0.1, 0.15) is 35.7 Å². The van der Waals surface area contributed by atoms with Gasteiger partial charge in [0, 0.05) is 24.6 Å². The van der Waals surface area contributed by atoms with Gasteiger partial charge in [-0.15, -0.1) is 0 Å². The summed E-state index contributed by atoms with van der Waals surface area (Å²) in [7, 11) is 1.45. The van der Waals surface area contributed by atoms with E-state index in [1.165, 1.54) is 37.8 Å². The number of halogens is 1. The lowest BCUT2D eigenvalue weighted by Crippen LogP contribution is -2.49. The highest BCUT2D eigenvalue weighted by Crippen LogP contribution is 2.32. The molecule has 2 unspecified atom stereocenters. The number of piperidine rings is 1. The fraction of sp³-hybridized carbons (Fsp3) is 0.292. The second kappa shape index (κ2) is 9.61. The zero-order chi connectivity index (χ0) is 23.4. The Kier molecular flexibility index (Phi) is 6.45. The van der Waals surface area contributed by atoms with E-state index in [2.05, 4.69) is 15.0 Å². The molecular weight excluding hydrogens is 425 g/mol. The summed E-state index contributed by atoms with van der Waals surface area (Å²) in [6, 6.07) is 9.51. The number of nitriles is 1. The van der Waals surface area contributed by atoms with Crippen molar-refractivity contribution in [1.82, 2.24) is 19.9 Å². The number of hydrogen-bond acceptors (Lipinski definition) is 7. The first-order valence-corrected chi connectivity index (χ1v) is 10.5. The van der Waals surface area contributed by atoms with Crippen LogP contribution >= 0.6 is 0 Å². The molecule has 2 atom stereocenters. The number of amides is 1. The van der Waals surface area contributed by atoms with Crippen LogP contribution in [0.5, 0.6) is 11.6 Å². The Morgan fingerprint density at radius 2 is 1.94 bits per heavy atom. The Morgan fingerprint density at radius 3 is 2.67 bits per heavy atom. The smallest absolute Gasteiger partial charge is 0.258 e. The predicted molar refractivity (Wildman–Crippen MR) is 117 cm³/mol. The average molecular weight is 447 g/mol. The van der Waals surface area contributed by atoms with Crippen molar-refractivity contribution in [2.75, 3.05) is 13.7 Å². The Morgan fingerprint density at radius 1 is 1.15 bits per heavy atom. The number of hydrogen-bond donors (Lipinski definition) is 0. The minimum atomic E-state index is -0.563. The van der Waals surface area contributed by atoms with E-state index in [-0.39, 0.29) is 53.2 Å². The van der Waals surface area contributed by atoms with Crippen LogP contribution in [0.3, 0.4) is 0 Å². The van der Waals surface area contributed by atoms with Crippen LogP contribution in [0.2, 0.25) is 0 Å². The minimum Gasteiger partial charge on any atom is -0.490 e. The van der Waals surface area contributed by atoms with Gasteiger partial charge in [-0.3, -0.25) is 4.79 Å². The van der Waals surface area contributed by atoms with Crippen LogP contribution in [0.15, 0.2) is 48.9 Å². The largest absolute Gasteiger partial charge is 0.490 e. The average Bonchev–Trinajstić information content (AvgIpc) is 2.85. The van der Waals surface area contributed by atoms with E-state index in [4.69, 9.17) is 9.47 Å². The standard InChI is InChI=1S/C24H22FN5O3/c1-15-7-8-17(33-23-21(32-2)16(13-26)9-12-29-23)14-30(15)24(31)18-5-3-6-19(25)20(18)22-27-10-4-11-28-22/h3-6,9-12,15,17H,7-8,14H2,1-2H3. The Balaban J connectivity index is 1.61. The van der Waals surface area contributed by atoms with Gasteiger partial charge < -0.3 is 14.4 Å². The van der Waals surface area contributed by atoms with E-state index in [1.54, 1.807) is 23.1 Å². The zero-order valence-electron chi connectivity index (χ0n) is 18.2. The number of pyridine rings is 1. The summed E-state index contributed by atoms with van der Waals surface area (Å²) < 4.78 is 26.1. The Labute approximate surface area is 190 Å². The molecule has 1 saturated heterocycles. The molecule has 0 spiro atoms. The maximum atomic E-state index is 14.8. The zero-order valence-corrected chi connectivity index (χ0v) is 18.2. The summed E-state index contributed by atoms with van der Waals surface area (Å²) in [6.45, 7) is 2.22. The van der Waals surface area contributed by atoms with Crippen molar-refractivity contribution >= 4 is 5.91 Å². The summed E-state index contributed by atoms with van der Waals surface area (Å²) in [5.41, 5.74) is 0.575. The first-order chi connectivity index (χ1) is 16.0. The predicted octanol–water partition coefficient (Wildman–Crippen LogP) is 3.63. The van der Waals surface area contributed by atoms with Gasteiger partial charge in [-0.05, 0) is 44.0 Å². The third-order valence-electron chi connectivity index (χ3n) is 5.61. The molecule has 4 rings (SSSR count). The Bertz CT molecular complexity index is 1200. The van der Waals surface area contributed by atoms with Crippen molar-refractivity contribution in [3.05, 3.63) is 65.9 Å². The SMILES string of the molecule is COc1c(C#N)ccnc1OC1CCC(C)N(C(=O)c2cccc(F)c2-c2ncccn2)C1. The number of aromatic nitrogens is 3. The van der Waals surface area contributed by atoms with Gasteiger partial charge in [0.05, 0.1) is 24.8 Å². The van der Waals surface area contributed by atoms with Crippen molar-refractivity contribution in [2.45, 2.75) is 31.9 Å². The molecule has 1 aliphatic rings. The van der Waals surface area contributed by atoms with Crippen LogP contribution in [0.25, 0.3) is 11.4 Å². The van der Waals surface area contributed by atoms with Gasteiger partial charge >= 0.3 is 0 Å². The summed E-state index contributed by atoms with van der Waals surface area (Å²) in [5.74, 6) is -0.285. The molecule has 2 aromatic heterocycles. The number of nitrogens with zero attached hydrogens (tertiary/aromatic N) is 5. The summed E-state index contributed by atoms with van der Waals surface area (Å²) in [6.07, 6.45) is 5.49. The monoisotopic (exact) mass is 447 g/mol. The van der Waals surface area contributed by atoms with Crippen molar-refractivity contribution in [3.63, 3.8) is 0 Å². The topological polar surface area (TPSA) is 101 Å². The van der Waals surface area contributed by atoms with Crippen LogP contribution in [0, 0.1) is 17.1 Å². The van der Waals surface area contributed by atoms with Gasteiger partial charge in [-0.25, -0.2) is 19.3 Å². The second-order valence-electron chi connectivity index (χ2n) is 7.67. The fourth-order valence-electron chi connectivity index (χ4n) is 3.92. The van der Waals surface area contributed by atoms with Crippen LogP contribution in [-0.4, -0.2) is 51.6 Å². The van der Waals surface area contributed by atoms with Crippen LogP contribution < -0.4 is 9.47 Å². The fourth-order valence-corrected chi connectivity index (χ4v) is 3.92. The van der Waals surface area contributed by atoms with Gasteiger partial charge in [0.15, 0.2) is 11.6 Å². The molecule has 8 nitrogen and oxygen atoms in total. The molecule has 1 fully saturated rings. The number of rotatable bonds is 5. The molecule has 1 amide bonds. The first kappa shape index (κ1) is 22.1. The normalized spacial score (nSPS) is 17.8. The maximum absolute atomic E-state index is 14.8. The maximum Gasteiger partial charge on any atom is 0.258 e. The van der Waals surface area contributed by atoms with Crippen LogP contribution in [-0.2, 0) is 0 Å². The summed E-state index contributed by atoms with van der Waals surface area (Å²) in [4.78, 5) is 27.7. The van der Waals surface area contributed by atoms with Gasteiger partial charge in [0.25, 0.3) is 11.8 Å². The molecule has 3 heterocycles. The van der Waals surface area contributed by atoms with E-state index >= 15 is 0 Å². The molecule has 0 aliphatic carbocycles. The molecular formula is C24H22FN5O3. The van der Waals surface area contributed by atoms with Crippen molar-refractivity contribution in [2.24, 2.45) is 0 Å². The van der Waals surface area contributed by atoms with Crippen molar-refractivity contribution in [1.29, 1.82) is 5.26 Å². The molecule has 1 aromatic carbocycles. The Hall–Kier alpha value is -4.06. The number of benzene rings is 1. The van der Waals surface area contributed by atoms with Gasteiger partial charge in [0.1, 0.15) is 23.6 Å². The number of likely N-dealkylation sites (tertiary alicyclic amines) is 1. The number of ether oxygens (including phenoxy) is 2. The van der Waals surface area contributed by atoms with Gasteiger partial charge in [-0.2, -0.15) is 5.26 Å². The quantitative estimate of drug-likeness (QED) is 0.589. The molecule has 168 valence electrons. The number of methoxy groups -OCH3 is 1. The lowest BCUT2D eigenvalue weighted by molar-refractivity contribution is 0.0366. The van der Waals surface area contributed by atoms with E-state index in [0.717, 1.165) is 0 Å². The molecule has 9 heteroatoms. The van der Waals surface area contributed by atoms with Crippen molar-refractivity contribution < 1.29 is 18.7 Å². The van der Waals surface area contributed by atoms with E-state index < -0.39 is 5.82 Å². The van der Waals surface area contributed by atoms with E-state index in [1.807, 2.05) is 13.0 Å². The third-order valence-corrected chi connectivity index (χ3v) is 5.61. The molecule has 0 N–H and O–H groups in total. The molecule has 3 aromatic rings. The van der Waals surface area contributed by atoms with Crippen LogP contribution in [0.4, 0.5) is 4.39 Å². The molecule has 1 aliphatic heterocycles. The summed E-state index contributed by atoms with van der Waals surface area (Å²) >= 11 is 0. The summed E-state index contributed by atoms with van der Waals surface area (Å²) in [5, 5.41) is 9.29. The second-order valence-corrected chi connectivity index (χ2v) is 7.67.